The van der Waals surface area contributed by atoms with Gasteiger partial charge in [-0.2, -0.15) is 0 Å². The lowest BCUT2D eigenvalue weighted by molar-refractivity contribution is -0.151. The van der Waals surface area contributed by atoms with Crippen LogP contribution < -0.4 is 0 Å². The molecule has 14 heavy (non-hydrogen) atoms. The molecule has 0 bridgehead atoms. The standard InChI is InChI=1S/C11H20O3/c1-5-10(12-6-2)9-11(13-7-3)14-8-4/h1,10-11H,6-9H2,2-4H3. The quantitative estimate of drug-likeness (QED) is 0.442. The van der Waals surface area contributed by atoms with E-state index in [1.165, 1.54) is 0 Å². The molecule has 0 aromatic carbocycles. The van der Waals surface area contributed by atoms with E-state index in [4.69, 9.17) is 20.6 Å². The molecule has 0 aliphatic carbocycles. The summed E-state index contributed by atoms with van der Waals surface area (Å²) in [7, 11) is 0. The van der Waals surface area contributed by atoms with Crippen molar-refractivity contribution in [2.45, 2.75) is 39.6 Å². The fourth-order valence-corrected chi connectivity index (χ4v) is 1.12. The lowest BCUT2D eigenvalue weighted by Crippen LogP contribution is -2.25. The van der Waals surface area contributed by atoms with Crippen LogP contribution in [0.4, 0.5) is 0 Å². The predicted molar refractivity (Wildman–Crippen MR) is 55.9 cm³/mol. The van der Waals surface area contributed by atoms with Crippen molar-refractivity contribution in [1.82, 2.24) is 0 Å². The van der Waals surface area contributed by atoms with Crippen LogP contribution in [0.1, 0.15) is 27.2 Å². The van der Waals surface area contributed by atoms with Crippen LogP contribution in [0, 0.1) is 12.3 Å². The monoisotopic (exact) mass is 200 g/mol. The van der Waals surface area contributed by atoms with Crippen LogP contribution in [-0.4, -0.2) is 32.2 Å². The molecule has 0 radical (unpaired) electrons. The Bertz CT molecular complexity index is 156. The first-order valence-electron chi connectivity index (χ1n) is 5.09. The predicted octanol–water partition coefficient (Wildman–Crippen LogP) is 1.81. The van der Waals surface area contributed by atoms with Gasteiger partial charge in [-0.25, -0.2) is 0 Å². The lowest BCUT2D eigenvalue weighted by atomic mass is 10.2. The Labute approximate surface area is 86.7 Å². The third kappa shape index (κ3) is 5.98. The summed E-state index contributed by atoms with van der Waals surface area (Å²) in [6.45, 7) is 7.62. The highest BCUT2D eigenvalue weighted by atomic mass is 16.7. The Morgan fingerprint density at radius 3 is 1.86 bits per heavy atom. The summed E-state index contributed by atoms with van der Waals surface area (Å²) in [5.74, 6) is 2.57. The van der Waals surface area contributed by atoms with Gasteiger partial charge in [-0.05, 0) is 20.8 Å². The summed E-state index contributed by atoms with van der Waals surface area (Å²) in [6, 6.07) is 0. The number of terminal acetylenes is 1. The molecule has 3 nitrogen and oxygen atoms in total. The molecule has 1 unspecified atom stereocenters. The Morgan fingerprint density at radius 1 is 1.00 bits per heavy atom. The molecule has 0 aliphatic heterocycles. The second-order valence-electron chi connectivity index (χ2n) is 2.69. The summed E-state index contributed by atoms with van der Waals surface area (Å²) in [6.07, 6.45) is 5.43. The van der Waals surface area contributed by atoms with Gasteiger partial charge in [0.15, 0.2) is 6.29 Å². The molecule has 0 rings (SSSR count). The SMILES string of the molecule is C#CC(CC(OCC)OCC)OCC. The van der Waals surface area contributed by atoms with Crippen LogP contribution in [0.15, 0.2) is 0 Å². The summed E-state index contributed by atoms with van der Waals surface area (Å²) in [5.41, 5.74) is 0. The normalized spacial score (nSPS) is 12.8. The average molecular weight is 200 g/mol. The van der Waals surface area contributed by atoms with Crippen molar-refractivity contribution < 1.29 is 14.2 Å². The summed E-state index contributed by atoms with van der Waals surface area (Å²) in [4.78, 5) is 0. The van der Waals surface area contributed by atoms with Gasteiger partial charge < -0.3 is 14.2 Å². The molecule has 1 atom stereocenters. The van der Waals surface area contributed by atoms with E-state index in [0.29, 0.717) is 26.2 Å². The zero-order chi connectivity index (χ0) is 10.8. The number of ether oxygens (including phenoxy) is 3. The van der Waals surface area contributed by atoms with Crippen LogP contribution in [0.3, 0.4) is 0 Å². The highest BCUT2D eigenvalue weighted by Crippen LogP contribution is 2.07. The van der Waals surface area contributed by atoms with E-state index in [2.05, 4.69) is 5.92 Å². The lowest BCUT2D eigenvalue weighted by Gasteiger charge is -2.20. The third-order valence-electron chi connectivity index (χ3n) is 1.67. The maximum Gasteiger partial charge on any atom is 0.160 e. The van der Waals surface area contributed by atoms with Crippen LogP contribution in [0.25, 0.3) is 0 Å². The zero-order valence-corrected chi connectivity index (χ0v) is 9.29. The van der Waals surface area contributed by atoms with Gasteiger partial charge in [0, 0.05) is 26.2 Å². The molecule has 3 heteroatoms. The molecule has 0 amide bonds. The summed E-state index contributed by atoms with van der Waals surface area (Å²) in [5, 5.41) is 0. The van der Waals surface area contributed by atoms with Crippen molar-refractivity contribution in [3.05, 3.63) is 0 Å². The van der Waals surface area contributed by atoms with E-state index in [0.717, 1.165) is 0 Å². The molecule has 82 valence electrons. The van der Waals surface area contributed by atoms with E-state index < -0.39 is 0 Å². The maximum atomic E-state index is 5.36. The fraction of sp³-hybridized carbons (Fsp3) is 0.818. The molecule has 0 aliphatic rings. The Kier molecular flexibility index (Phi) is 8.65. The van der Waals surface area contributed by atoms with Gasteiger partial charge in [0.25, 0.3) is 0 Å². The Morgan fingerprint density at radius 2 is 1.50 bits per heavy atom. The van der Waals surface area contributed by atoms with E-state index in [9.17, 15) is 0 Å². The van der Waals surface area contributed by atoms with Gasteiger partial charge in [-0.1, -0.05) is 5.92 Å². The minimum Gasteiger partial charge on any atom is -0.366 e. The van der Waals surface area contributed by atoms with Gasteiger partial charge in [-0.15, -0.1) is 6.42 Å². The first-order chi connectivity index (χ1) is 6.78. The largest absolute Gasteiger partial charge is 0.366 e. The minimum atomic E-state index is -0.252. The number of hydrogen-bond acceptors (Lipinski definition) is 3. The first-order valence-corrected chi connectivity index (χ1v) is 5.09. The van der Waals surface area contributed by atoms with E-state index in [1.54, 1.807) is 0 Å². The van der Waals surface area contributed by atoms with Gasteiger partial charge in [0.2, 0.25) is 0 Å². The van der Waals surface area contributed by atoms with Gasteiger partial charge in [-0.3, -0.25) is 0 Å². The van der Waals surface area contributed by atoms with Crippen LogP contribution in [0.5, 0.6) is 0 Å². The van der Waals surface area contributed by atoms with Crippen LogP contribution >= 0.6 is 0 Å². The van der Waals surface area contributed by atoms with Crippen molar-refractivity contribution in [2.75, 3.05) is 19.8 Å². The molecule has 0 heterocycles. The molecule has 0 aromatic heterocycles. The van der Waals surface area contributed by atoms with Crippen molar-refractivity contribution in [2.24, 2.45) is 0 Å². The fourth-order valence-electron chi connectivity index (χ4n) is 1.12. The molecule has 0 saturated heterocycles. The number of hydrogen-bond donors (Lipinski definition) is 0. The first kappa shape index (κ1) is 13.4. The van der Waals surface area contributed by atoms with E-state index >= 15 is 0 Å². The Balaban J connectivity index is 3.91. The van der Waals surface area contributed by atoms with Crippen LogP contribution in [0.2, 0.25) is 0 Å². The molecule has 0 aromatic rings. The summed E-state index contributed by atoms with van der Waals surface area (Å²) >= 11 is 0. The third-order valence-corrected chi connectivity index (χ3v) is 1.67. The van der Waals surface area contributed by atoms with Gasteiger partial charge in [0.05, 0.1) is 0 Å². The second kappa shape index (κ2) is 9.01. The molecule has 0 spiro atoms. The summed E-state index contributed by atoms with van der Waals surface area (Å²) < 4.78 is 16.0. The smallest absolute Gasteiger partial charge is 0.160 e. The topological polar surface area (TPSA) is 27.7 Å². The van der Waals surface area contributed by atoms with Crippen molar-refractivity contribution in [1.29, 1.82) is 0 Å². The highest BCUT2D eigenvalue weighted by Gasteiger charge is 2.14. The Hall–Kier alpha value is -0.560. The molecule has 0 fully saturated rings. The van der Waals surface area contributed by atoms with Gasteiger partial charge in [0.1, 0.15) is 6.10 Å². The van der Waals surface area contributed by atoms with E-state index in [-0.39, 0.29) is 12.4 Å². The van der Waals surface area contributed by atoms with E-state index in [1.807, 2.05) is 20.8 Å². The van der Waals surface area contributed by atoms with Crippen molar-refractivity contribution in [3.63, 3.8) is 0 Å². The maximum absolute atomic E-state index is 5.36. The second-order valence-corrected chi connectivity index (χ2v) is 2.69. The molecular formula is C11H20O3. The highest BCUT2D eigenvalue weighted by molar-refractivity contribution is 4.95. The molecule has 0 N–H and O–H groups in total. The zero-order valence-electron chi connectivity index (χ0n) is 9.29. The molecule has 0 saturated carbocycles. The van der Waals surface area contributed by atoms with Crippen molar-refractivity contribution in [3.8, 4) is 12.3 Å². The minimum absolute atomic E-state index is 0.219. The number of rotatable bonds is 8. The average Bonchev–Trinajstić information content (AvgIpc) is 2.18. The van der Waals surface area contributed by atoms with Crippen molar-refractivity contribution >= 4 is 0 Å². The van der Waals surface area contributed by atoms with Crippen LogP contribution in [-0.2, 0) is 14.2 Å². The molecular weight excluding hydrogens is 180 g/mol. The van der Waals surface area contributed by atoms with Gasteiger partial charge >= 0.3 is 0 Å².